The summed E-state index contributed by atoms with van der Waals surface area (Å²) in [5.41, 5.74) is 5.79. The SMILES string of the molecule is CC1CC1NCc1cc(C(N)=O)cs1. The summed E-state index contributed by atoms with van der Waals surface area (Å²) < 4.78 is 0. The molecule has 1 aromatic rings. The van der Waals surface area contributed by atoms with Crippen LogP contribution in [0.15, 0.2) is 11.4 Å². The third-order valence-electron chi connectivity index (χ3n) is 2.59. The van der Waals surface area contributed by atoms with Gasteiger partial charge in [-0.25, -0.2) is 0 Å². The van der Waals surface area contributed by atoms with Crippen molar-refractivity contribution in [1.82, 2.24) is 5.32 Å². The molecule has 1 saturated carbocycles. The van der Waals surface area contributed by atoms with E-state index in [1.165, 1.54) is 11.3 Å². The third-order valence-corrected chi connectivity index (χ3v) is 3.52. The first kappa shape index (κ1) is 9.68. The van der Waals surface area contributed by atoms with Crippen molar-refractivity contribution in [3.8, 4) is 0 Å². The lowest BCUT2D eigenvalue weighted by Gasteiger charge is -1.98. The van der Waals surface area contributed by atoms with Crippen LogP contribution >= 0.6 is 11.3 Å². The lowest BCUT2D eigenvalue weighted by atomic mass is 10.3. The van der Waals surface area contributed by atoms with Crippen LogP contribution < -0.4 is 11.1 Å². The van der Waals surface area contributed by atoms with E-state index >= 15 is 0 Å². The van der Waals surface area contributed by atoms with Crippen molar-refractivity contribution in [2.45, 2.75) is 25.9 Å². The van der Waals surface area contributed by atoms with Gasteiger partial charge in [0.2, 0.25) is 5.91 Å². The fraction of sp³-hybridized carbons (Fsp3) is 0.500. The monoisotopic (exact) mass is 210 g/mol. The zero-order valence-electron chi connectivity index (χ0n) is 8.12. The Morgan fingerprint density at radius 2 is 2.50 bits per heavy atom. The number of amides is 1. The van der Waals surface area contributed by atoms with Crippen LogP contribution in [0.3, 0.4) is 0 Å². The highest BCUT2D eigenvalue weighted by Gasteiger charge is 2.31. The van der Waals surface area contributed by atoms with Crippen LogP contribution in [0.1, 0.15) is 28.6 Å². The Morgan fingerprint density at radius 3 is 3.00 bits per heavy atom. The van der Waals surface area contributed by atoms with Gasteiger partial charge in [0.1, 0.15) is 0 Å². The minimum atomic E-state index is -0.340. The summed E-state index contributed by atoms with van der Waals surface area (Å²) in [6.45, 7) is 3.09. The molecule has 2 rings (SSSR count). The Kier molecular flexibility index (Phi) is 2.56. The van der Waals surface area contributed by atoms with E-state index in [-0.39, 0.29) is 5.91 Å². The van der Waals surface area contributed by atoms with Gasteiger partial charge in [0.05, 0.1) is 5.56 Å². The van der Waals surface area contributed by atoms with E-state index < -0.39 is 0 Å². The van der Waals surface area contributed by atoms with Crippen molar-refractivity contribution in [3.63, 3.8) is 0 Å². The lowest BCUT2D eigenvalue weighted by Crippen LogP contribution is -2.16. The van der Waals surface area contributed by atoms with Gasteiger partial charge in [-0.3, -0.25) is 4.79 Å². The highest BCUT2D eigenvalue weighted by molar-refractivity contribution is 7.10. The first-order valence-corrected chi connectivity index (χ1v) is 5.65. The molecule has 0 spiro atoms. The van der Waals surface area contributed by atoms with Gasteiger partial charge in [0, 0.05) is 22.8 Å². The second-order valence-electron chi connectivity index (χ2n) is 3.87. The van der Waals surface area contributed by atoms with Gasteiger partial charge in [0.25, 0.3) is 0 Å². The maximum absolute atomic E-state index is 10.8. The molecule has 1 aliphatic carbocycles. The first-order chi connectivity index (χ1) is 6.66. The highest BCUT2D eigenvalue weighted by Crippen LogP contribution is 2.29. The molecule has 0 radical (unpaired) electrons. The summed E-state index contributed by atoms with van der Waals surface area (Å²) in [7, 11) is 0. The standard InChI is InChI=1S/C10H14N2OS/c1-6-2-9(6)12-4-8-3-7(5-14-8)10(11)13/h3,5-6,9,12H,2,4H2,1H3,(H2,11,13). The van der Waals surface area contributed by atoms with E-state index in [2.05, 4.69) is 12.2 Å². The molecular weight excluding hydrogens is 196 g/mol. The normalized spacial score (nSPS) is 24.9. The van der Waals surface area contributed by atoms with Crippen molar-refractivity contribution in [2.75, 3.05) is 0 Å². The van der Waals surface area contributed by atoms with Crippen LogP contribution in [0, 0.1) is 5.92 Å². The smallest absolute Gasteiger partial charge is 0.249 e. The van der Waals surface area contributed by atoms with Crippen molar-refractivity contribution in [3.05, 3.63) is 21.9 Å². The minimum Gasteiger partial charge on any atom is -0.366 e. The maximum atomic E-state index is 10.8. The molecule has 2 atom stereocenters. The zero-order chi connectivity index (χ0) is 10.1. The molecule has 14 heavy (non-hydrogen) atoms. The molecule has 1 amide bonds. The molecule has 0 saturated heterocycles. The molecule has 0 aromatic carbocycles. The number of thiophene rings is 1. The van der Waals surface area contributed by atoms with Crippen LogP contribution in [0.4, 0.5) is 0 Å². The first-order valence-electron chi connectivity index (χ1n) is 4.77. The zero-order valence-corrected chi connectivity index (χ0v) is 8.93. The number of carbonyl (C=O) groups excluding carboxylic acids is 1. The summed E-state index contributed by atoms with van der Waals surface area (Å²) in [5, 5.41) is 5.25. The van der Waals surface area contributed by atoms with E-state index in [4.69, 9.17) is 5.73 Å². The van der Waals surface area contributed by atoms with Crippen molar-refractivity contribution in [2.24, 2.45) is 11.7 Å². The average molecular weight is 210 g/mol. The lowest BCUT2D eigenvalue weighted by molar-refractivity contribution is 0.100. The van der Waals surface area contributed by atoms with Gasteiger partial charge in [-0.05, 0) is 18.4 Å². The maximum Gasteiger partial charge on any atom is 0.249 e. The largest absolute Gasteiger partial charge is 0.366 e. The number of primary amides is 1. The van der Waals surface area contributed by atoms with Crippen LogP contribution in [-0.2, 0) is 6.54 Å². The molecule has 1 heterocycles. The highest BCUT2D eigenvalue weighted by atomic mass is 32.1. The molecule has 0 bridgehead atoms. The van der Waals surface area contributed by atoms with Gasteiger partial charge in [-0.15, -0.1) is 11.3 Å². The van der Waals surface area contributed by atoms with Crippen molar-refractivity contribution in [1.29, 1.82) is 0 Å². The van der Waals surface area contributed by atoms with E-state index in [1.807, 2.05) is 11.4 Å². The van der Waals surface area contributed by atoms with E-state index in [1.54, 1.807) is 11.3 Å². The predicted molar refractivity (Wildman–Crippen MR) is 57.2 cm³/mol. The number of nitrogens with two attached hydrogens (primary N) is 1. The molecular formula is C10H14N2OS. The van der Waals surface area contributed by atoms with Crippen LogP contribution in [0.2, 0.25) is 0 Å². The van der Waals surface area contributed by atoms with Crippen LogP contribution in [-0.4, -0.2) is 11.9 Å². The molecule has 1 aromatic heterocycles. The summed E-state index contributed by atoms with van der Waals surface area (Å²) in [6, 6.07) is 2.54. The molecule has 4 heteroatoms. The quantitative estimate of drug-likeness (QED) is 0.788. The molecule has 2 unspecified atom stereocenters. The molecule has 3 N–H and O–H groups in total. The molecule has 0 aliphatic heterocycles. The number of hydrogen-bond acceptors (Lipinski definition) is 3. The van der Waals surface area contributed by atoms with Gasteiger partial charge in [0.15, 0.2) is 0 Å². The third kappa shape index (κ3) is 2.13. The van der Waals surface area contributed by atoms with Gasteiger partial charge in [-0.2, -0.15) is 0 Å². The van der Waals surface area contributed by atoms with E-state index in [0.717, 1.165) is 12.5 Å². The summed E-state index contributed by atoms with van der Waals surface area (Å²) in [4.78, 5) is 12.0. The molecule has 1 aliphatic rings. The Morgan fingerprint density at radius 1 is 1.79 bits per heavy atom. The topological polar surface area (TPSA) is 55.1 Å². The second-order valence-corrected chi connectivity index (χ2v) is 4.86. The average Bonchev–Trinajstić information content (AvgIpc) is 2.68. The molecule has 76 valence electrons. The summed E-state index contributed by atoms with van der Waals surface area (Å²) >= 11 is 1.59. The van der Waals surface area contributed by atoms with Crippen molar-refractivity contribution >= 4 is 17.2 Å². The Bertz CT molecular complexity index is 348. The number of nitrogens with one attached hydrogen (secondary N) is 1. The summed E-state index contributed by atoms with van der Waals surface area (Å²) in [5.74, 6) is 0.470. The fourth-order valence-corrected chi connectivity index (χ4v) is 2.26. The number of carbonyl (C=O) groups is 1. The fourth-order valence-electron chi connectivity index (χ4n) is 1.44. The second kappa shape index (κ2) is 3.71. The van der Waals surface area contributed by atoms with Crippen LogP contribution in [0.25, 0.3) is 0 Å². The summed E-state index contributed by atoms with van der Waals surface area (Å²) in [6.07, 6.45) is 1.27. The number of rotatable bonds is 4. The number of hydrogen-bond donors (Lipinski definition) is 2. The molecule has 3 nitrogen and oxygen atoms in total. The molecule has 1 fully saturated rings. The van der Waals surface area contributed by atoms with Crippen LogP contribution in [0.5, 0.6) is 0 Å². The Hall–Kier alpha value is -0.870. The Balaban J connectivity index is 1.87. The Labute approximate surface area is 87.3 Å². The van der Waals surface area contributed by atoms with Gasteiger partial charge < -0.3 is 11.1 Å². The minimum absolute atomic E-state index is 0.340. The van der Waals surface area contributed by atoms with E-state index in [9.17, 15) is 4.79 Å². The van der Waals surface area contributed by atoms with Gasteiger partial charge >= 0.3 is 0 Å². The van der Waals surface area contributed by atoms with Crippen molar-refractivity contribution < 1.29 is 4.79 Å². The van der Waals surface area contributed by atoms with Gasteiger partial charge in [-0.1, -0.05) is 6.92 Å². The predicted octanol–water partition coefficient (Wildman–Crippen LogP) is 1.34. The van der Waals surface area contributed by atoms with E-state index in [0.29, 0.717) is 11.6 Å².